The molecular weight excluding hydrogens is 264 g/mol. The summed E-state index contributed by atoms with van der Waals surface area (Å²) in [6.07, 6.45) is 0.630. The van der Waals surface area contributed by atoms with E-state index in [0.717, 1.165) is 0 Å². The number of aromatic amines is 1. The third-order valence-electron chi connectivity index (χ3n) is 3.53. The Morgan fingerprint density at radius 3 is 2.85 bits per heavy atom. The molecule has 0 spiro atoms. The molecule has 2 aromatic heterocycles. The summed E-state index contributed by atoms with van der Waals surface area (Å²) in [5.74, 6) is 0.200. The van der Waals surface area contributed by atoms with E-state index in [1.807, 2.05) is 0 Å². The number of nitrogens with one attached hydrogen (secondary N) is 1. The lowest BCUT2D eigenvalue weighted by atomic mass is 10.1. The molecule has 0 aliphatic heterocycles. The number of aliphatic hydroxyl groups excluding tert-OH is 3. The monoisotopic (exact) mass is 278 g/mol. The number of hydrogen-bond acceptors (Lipinski definition) is 6. The first-order valence-corrected chi connectivity index (χ1v) is 6.06. The summed E-state index contributed by atoms with van der Waals surface area (Å²) in [6, 6.07) is 0.851. The van der Waals surface area contributed by atoms with Gasteiger partial charge in [0.05, 0.1) is 24.5 Å². The number of anilines is 1. The highest BCUT2D eigenvalue weighted by molar-refractivity contribution is 5.76. The second-order valence-electron chi connectivity index (χ2n) is 4.77. The van der Waals surface area contributed by atoms with E-state index < -0.39 is 23.8 Å². The van der Waals surface area contributed by atoms with Gasteiger partial charge in [-0.15, -0.1) is 0 Å². The fourth-order valence-electron chi connectivity index (χ4n) is 2.53. The van der Waals surface area contributed by atoms with Gasteiger partial charge in [0.15, 0.2) is 0 Å². The summed E-state index contributed by atoms with van der Waals surface area (Å²) < 4.78 is 1.46. The maximum absolute atomic E-state index is 12.0. The Morgan fingerprint density at radius 1 is 1.45 bits per heavy atom. The van der Waals surface area contributed by atoms with Crippen molar-refractivity contribution in [3.05, 3.63) is 34.4 Å². The standard InChI is InChI=1S/C12H14N4O4/c13-8-2-6-9(12(20)15-8)16(4-14-6)7-1-5(3-17)10(18)11(7)19/h1-2,4,7,10-11,17-19H,3H2,(H3,13,15,20)/t7-,10+,11?/m1/s1. The number of fused-ring (bicyclic) bond motifs is 1. The number of nitrogens with zero attached hydrogens (tertiary/aromatic N) is 2. The molecule has 3 atom stereocenters. The average molecular weight is 278 g/mol. The third kappa shape index (κ3) is 1.73. The van der Waals surface area contributed by atoms with Gasteiger partial charge >= 0.3 is 0 Å². The van der Waals surface area contributed by atoms with Gasteiger partial charge in [0, 0.05) is 6.07 Å². The van der Waals surface area contributed by atoms with Crippen LogP contribution in [0, 0.1) is 0 Å². The lowest BCUT2D eigenvalue weighted by Gasteiger charge is -2.18. The van der Waals surface area contributed by atoms with Gasteiger partial charge in [-0.05, 0) is 5.57 Å². The number of imidazole rings is 1. The van der Waals surface area contributed by atoms with Crippen molar-refractivity contribution in [1.82, 2.24) is 14.5 Å². The Kier molecular flexibility index (Phi) is 2.85. The molecule has 8 nitrogen and oxygen atoms in total. The van der Waals surface area contributed by atoms with Gasteiger partial charge in [0.1, 0.15) is 23.5 Å². The first kappa shape index (κ1) is 12.9. The van der Waals surface area contributed by atoms with Gasteiger partial charge in [0.25, 0.3) is 5.56 Å². The van der Waals surface area contributed by atoms with E-state index in [0.29, 0.717) is 11.1 Å². The molecule has 1 aliphatic carbocycles. The Balaban J connectivity index is 2.17. The Bertz CT molecular complexity index is 747. The Labute approximate surface area is 112 Å². The van der Waals surface area contributed by atoms with E-state index in [-0.39, 0.29) is 17.9 Å². The summed E-state index contributed by atoms with van der Waals surface area (Å²) in [7, 11) is 0. The van der Waals surface area contributed by atoms with Crippen molar-refractivity contribution in [1.29, 1.82) is 0 Å². The summed E-state index contributed by atoms with van der Waals surface area (Å²) in [6.45, 7) is -0.356. The summed E-state index contributed by atoms with van der Waals surface area (Å²) in [4.78, 5) is 18.5. The molecule has 106 valence electrons. The van der Waals surface area contributed by atoms with E-state index >= 15 is 0 Å². The van der Waals surface area contributed by atoms with Crippen LogP contribution in [0.4, 0.5) is 5.82 Å². The summed E-state index contributed by atoms with van der Waals surface area (Å²) in [5, 5.41) is 29.0. The summed E-state index contributed by atoms with van der Waals surface area (Å²) in [5.41, 5.74) is 6.09. The first-order chi connectivity index (χ1) is 9.52. The molecule has 8 heteroatoms. The van der Waals surface area contributed by atoms with E-state index in [1.54, 1.807) is 0 Å². The number of aromatic nitrogens is 3. The van der Waals surface area contributed by atoms with E-state index in [9.17, 15) is 15.0 Å². The van der Waals surface area contributed by atoms with Gasteiger partial charge < -0.3 is 30.6 Å². The van der Waals surface area contributed by atoms with Gasteiger partial charge in [-0.3, -0.25) is 4.79 Å². The number of hydrogen-bond donors (Lipinski definition) is 5. The second-order valence-corrected chi connectivity index (χ2v) is 4.77. The molecule has 6 N–H and O–H groups in total. The predicted molar refractivity (Wildman–Crippen MR) is 71.0 cm³/mol. The van der Waals surface area contributed by atoms with Crippen LogP contribution in [0.25, 0.3) is 11.0 Å². The molecule has 0 amide bonds. The number of pyridine rings is 1. The number of nitrogens with two attached hydrogens (primary N) is 1. The van der Waals surface area contributed by atoms with E-state index in [4.69, 9.17) is 10.8 Å². The highest BCUT2D eigenvalue weighted by Crippen LogP contribution is 2.30. The number of aliphatic hydroxyl groups is 3. The molecule has 1 unspecified atom stereocenters. The molecule has 0 bridgehead atoms. The number of rotatable bonds is 2. The molecule has 20 heavy (non-hydrogen) atoms. The fourth-order valence-corrected chi connectivity index (χ4v) is 2.53. The van der Waals surface area contributed by atoms with Crippen molar-refractivity contribution in [2.45, 2.75) is 18.2 Å². The minimum Gasteiger partial charge on any atom is -0.392 e. The van der Waals surface area contributed by atoms with Crippen molar-refractivity contribution >= 4 is 16.9 Å². The molecule has 1 aliphatic rings. The van der Waals surface area contributed by atoms with Crippen molar-refractivity contribution in [2.24, 2.45) is 0 Å². The lowest BCUT2D eigenvalue weighted by molar-refractivity contribution is 0.0288. The van der Waals surface area contributed by atoms with Crippen molar-refractivity contribution in [3.8, 4) is 0 Å². The largest absolute Gasteiger partial charge is 0.392 e. The van der Waals surface area contributed by atoms with Crippen molar-refractivity contribution < 1.29 is 15.3 Å². The maximum Gasteiger partial charge on any atom is 0.275 e. The van der Waals surface area contributed by atoms with Crippen molar-refractivity contribution in [2.75, 3.05) is 12.3 Å². The zero-order valence-corrected chi connectivity index (χ0v) is 10.4. The average Bonchev–Trinajstić information content (AvgIpc) is 2.93. The number of nitrogen functional groups attached to an aromatic ring is 1. The topological polar surface area (TPSA) is 137 Å². The SMILES string of the molecule is Nc1cc2ncn([C@@H]3C=C(CO)[C@H](O)C3O)c2c(=O)[nH]1. The molecular formula is C12H14N4O4. The normalized spacial score (nSPS) is 26.1. The van der Waals surface area contributed by atoms with Crippen LogP contribution in [0.2, 0.25) is 0 Å². The van der Waals surface area contributed by atoms with Crippen LogP contribution in [0.1, 0.15) is 6.04 Å². The van der Waals surface area contributed by atoms with E-state index in [1.165, 1.54) is 23.0 Å². The zero-order valence-electron chi connectivity index (χ0n) is 10.4. The van der Waals surface area contributed by atoms with Crippen LogP contribution < -0.4 is 11.3 Å². The zero-order chi connectivity index (χ0) is 14.4. The summed E-state index contributed by atoms with van der Waals surface area (Å²) >= 11 is 0. The van der Waals surface area contributed by atoms with Crippen LogP contribution in [-0.2, 0) is 0 Å². The third-order valence-corrected chi connectivity index (χ3v) is 3.53. The van der Waals surface area contributed by atoms with Crippen molar-refractivity contribution in [3.63, 3.8) is 0 Å². The second kappa shape index (κ2) is 4.44. The molecule has 0 saturated heterocycles. The quantitative estimate of drug-likeness (QED) is 0.424. The minimum absolute atomic E-state index is 0.200. The minimum atomic E-state index is -1.16. The Hall–Kier alpha value is -2.16. The smallest absolute Gasteiger partial charge is 0.275 e. The molecule has 0 saturated carbocycles. The molecule has 0 aromatic carbocycles. The fraction of sp³-hybridized carbons (Fsp3) is 0.333. The molecule has 2 aromatic rings. The molecule has 3 rings (SSSR count). The van der Waals surface area contributed by atoms with E-state index in [2.05, 4.69) is 9.97 Å². The van der Waals surface area contributed by atoms with Gasteiger partial charge in [0.2, 0.25) is 0 Å². The predicted octanol–water partition coefficient (Wildman–Crippen LogP) is -1.50. The van der Waals surface area contributed by atoms with Crippen LogP contribution >= 0.6 is 0 Å². The highest BCUT2D eigenvalue weighted by atomic mass is 16.3. The maximum atomic E-state index is 12.0. The highest BCUT2D eigenvalue weighted by Gasteiger charge is 2.36. The van der Waals surface area contributed by atoms with Gasteiger partial charge in [-0.2, -0.15) is 0 Å². The van der Waals surface area contributed by atoms with Crippen LogP contribution in [0.15, 0.2) is 28.8 Å². The Morgan fingerprint density at radius 2 is 2.20 bits per heavy atom. The lowest BCUT2D eigenvalue weighted by Crippen LogP contribution is -2.30. The molecule has 0 fully saturated rings. The molecule has 0 radical (unpaired) electrons. The van der Waals surface area contributed by atoms with Gasteiger partial charge in [-0.1, -0.05) is 6.08 Å². The van der Waals surface area contributed by atoms with Crippen LogP contribution in [0.3, 0.4) is 0 Å². The van der Waals surface area contributed by atoms with Crippen LogP contribution in [0.5, 0.6) is 0 Å². The van der Waals surface area contributed by atoms with Crippen LogP contribution in [-0.4, -0.2) is 48.7 Å². The first-order valence-electron chi connectivity index (χ1n) is 6.06. The number of H-pyrrole nitrogens is 1. The molecule has 2 heterocycles. The van der Waals surface area contributed by atoms with Gasteiger partial charge in [-0.25, -0.2) is 4.98 Å².